The van der Waals surface area contributed by atoms with Gasteiger partial charge in [0.25, 0.3) is 0 Å². The maximum atomic E-state index is 12.0. The number of hydrogen-bond donors (Lipinski definition) is 3. The molecule has 0 bridgehead atoms. The Morgan fingerprint density at radius 2 is 1.48 bits per heavy atom. The second-order valence-corrected chi connectivity index (χ2v) is 7.88. The number of carbonyl (C=O) groups is 3. The highest BCUT2D eigenvalue weighted by atomic mass is 16.4. The third-order valence-electron chi connectivity index (χ3n) is 5.08. The molecule has 0 fully saturated rings. The van der Waals surface area contributed by atoms with E-state index in [9.17, 15) is 19.5 Å². The highest BCUT2D eigenvalue weighted by Gasteiger charge is 2.22. The Labute approximate surface area is 186 Å². The van der Waals surface area contributed by atoms with Crippen LogP contribution in [0.15, 0.2) is 36.4 Å². The number of carboxylic acids is 1. The van der Waals surface area contributed by atoms with Crippen LogP contribution in [0.5, 0.6) is 0 Å². The molecule has 6 nitrogen and oxygen atoms in total. The molecule has 6 heteroatoms. The molecule has 1 atom stereocenters. The van der Waals surface area contributed by atoms with E-state index in [1.807, 2.05) is 30.3 Å². The Morgan fingerprint density at radius 3 is 2.06 bits per heavy atom. The smallest absolute Gasteiger partial charge is 0.326 e. The van der Waals surface area contributed by atoms with Gasteiger partial charge in [0.2, 0.25) is 11.8 Å². The lowest BCUT2D eigenvalue weighted by atomic mass is 10.1. The van der Waals surface area contributed by atoms with Crippen molar-refractivity contribution in [2.45, 2.75) is 83.6 Å². The maximum absolute atomic E-state index is 12.0. The quantitative estimate of drug-likeness (QED) is 0.247. The van der Waals surface area contributed by atoms with Gasteiger partial charge in [0.15, 0.2) is 0 Å². The lowest BCUT2D eigenvalue weighted by molar-refractivity contribution is -0.143. The molecule has 0 aromatic heterocycles. The monoisotopic (exact) mass is 430 g/mol. The zero-order valence-electron chi connectivity index (χ0n) is 18.8. The summed E-state index contributed by atoms with van der Waals surface area (Å²) in [7, 11) is 0. The van der Waals surface area contributed by atoms with Gasteiger partial charge in [0.1, 0.15) is 6.04 Å². The topological polar surface area (TPSA) is 95.5 Å². The molecular formula is C25H38N2O4. The lowest BCUT2D eigenvalue weighted by Crippen LogP contribution is -2.43. The van der Waals surface area contributed by atoms with Crippen LogP contribution in [0.3, 0.4) is 0 Å². The summed E-state index contributed by atoms with van der Waals surface area (Å²) in [5.41, 5.74) is 0.832. The standard InChI is InChI=1S/C25H38N2O4/c1-2-3-4-5-6-7-8-9-10-14-19-26-24(29)20-22(25(30)31)27-23(28)18-17-21-15-12-11-13-16-21/h11-13,15-18,22H,2-10,14,19-20H2,1H3,(H,26,29)(H,27,28)(H,30,31)/b18-17+/t22-/m1/s1. The van der Waals surface area contributed by atoms with Crippen LogP contribution in [0.1, 0.15) is 83.1 Å². The molecule has 2 amide bonds. The first-order valence-corrected chi connectivity index (χ1v) is 11.6. The number of nitrogens with one attached hydrogen (secondary N) is 2. The second-order valence-electron chi connectivity index (χ2n) is 7.88. The van der Waals surface area contributed by atoms with Gasteiger partial charge >= 0.3 is 5.97 Å². The van der Waals surface area contributed by atoms with Crippen molar-refractivity contribution in [2.24, 2.45) is 0 Å². The van der Waals surface area contributed by atoms with Gasteiger partial charge in [-0.3, -0.25) is 9.59 Å². The zero-order valence-corrected chi connectivity index (χ0v) is 18.8. The van der Waals surface area contributed by atoms with Gasteiger partial charge in [-0.2, -0.15) is 0 Å². The van der Waals surface area contributed by atoms with E-state index >= 15 is 0 Å². The van der Waals surface area contributed by atoms with Gasteiger partial charge in [0, 0.05) is 12.6 Å². The molecule has 0 unspecified atom stereocenters. The fraction of sp³-hybridized carbons (Fsp3) is 0.560. The number of carbonyl (C=O) groups excluding carboxylic acids is 2. The van der Waals surface area contributed by atoms with Crippen molar-refractivity contribution in [2.75, 3.05) is 6.54 Å². The van der Waals surface area contributed by atoms with Crippen molar-refractivity contribution >= 4 is 23.9 Å². The highest BCUT2D eigenvalue weighted by Crippen LogP contribution is 2.10. The minimum atomic E-state index is -1.25. The molecule has 3 N–H and O–H groups in total. The molecule has 172 valence electrons. The van der Waals surface area contributed by atoms with Crippen LogP contribution in [-0.2, 0) is 14.4 Å². The summed E-state index contributed by atoms with van der Waals surface area (Å²) in [5, 5.41) is 14.4. The summed E-state index contributed by atoms with van der Waals surface area (Å²) in [6, 6.07) is 7.97. The number of amides is 2. The first-order chi connectivity index (χ1) is 15.0. The van der Waals surface area contributed by atoms with Crippen LogP contribution in [0.4, 0.5) is 0 Å². The Bertz CT molecular complexity index is 673. The summed E-state index contributed by atoms with van der Waals surface area (Å²) >= 11 is 0. The molecule has 0 radical (unpaired) electrons. The molecule has 0 spiro atoms. The minimum absolute atomic E-state index is 0.280. The van der Waals surface area contributed by atoms with E-state index in [-0.39, 0.29) is 12.3 Å². The Hall–Kier alpha value is -2.63. The zero-order chi connectivity index (χ0) is 22.7. The van der Waals surface area contributed by atoms with Gasteiger partial charge in [-0.25, -0.2) is 4.79 Å². The van der Waals surface area contributed by atoms with Crippen molar-refractivity contribution in [3.05, 3.63) is 42.0 Å². The molecular weight excluding hydrogens is 392 g/mol. The summed E-state index contributed by atoms with van der Waals surface area (Å²) in [6.45, 7) is 2.75. The van der Waals surface area contributed by atoms with E-state index in [4.69, 9.17) is 0 Å². The molecule has 1 aromatic rings. The number of hydrogen-bond acceptors (Lipinski definition) is 3. The van der Waals surface area contributed by atoms with Crippen molar-refractivity contribution in [1.82, 2.24) is 10.6 Å². The van der Waals surface area contributed by atoms with Crippen LogP contribution >= 0.6 is 0 Å². The third-order valence-corrected chi connectivity index (χ3v) is 5.08. The normalized spacial score (nSPS) is 11.9. The predicted molar refractivity (Wildman–Crippen MR) is 125 cm³/mol. The predicted octanol–water partition coefficient (Wildman–Crippen LogP) is 4.70. The van der Waals surface area contributed by atoms with E-state index in [1.54, 1.807) is 6.08 Å². The second kappa shape index (κ2) is 17.1. The molecule has 0 aliphatic heterocycles. The van der Waals surface area contributed by atoms with E-state index in [0.29, 0.717) is 6.54 Å². The van der Waals surface area contributed by atoms with Crippen LogP contribution in [0.25, 0.3) is 6.08 Å². The molecule has 0 heterocycles. The average Bonchev–Trinajstić information content (AvgIpc) is 2.76. The van der Waals surface area contributed by atoms with Crippen LogP contribution in [-0.4, -0.2) is 35.5 Å². The molecule has 1 rings (SSSR count). The highest BCUT2D eigenvalue weighted by molar-refractivity contribution is 5.95. The lowest BCUT2D eigenvalue weighted by Gasteiger charge is -2.13. The number of unbranched alkanes of at least 4 members (excludes halogenated alkanes) is 9. The van der Waals surface area contributed by atoms with Crippen molar-refractivity contribution in [3.8, 4) is 0 Å². The molecule has 0 aliphatic rings. The first-order valence-electron chi connectivity index (χ1n) is 11.6. The fourth-order valence-corrected chi connectivity index (χ4v) is 3.25. The van der Waals surface area contributed by atoms with Crippen LogP contribution in [0, 0.1) is 0 Å². The molecule has 31 heavy (non-hydrogen) atoms. The molecule has 0 saturated carbocycles. The SMILES string of the molecule is CCCCCCCCCCCCNC(=O)C[C@@H](NC(=O)/C=C/c1ccccc1)C(=O)O. The van der Waals surface area contributed by atoms with Crippen molar-refractivity contribution in [1.29, 1.82) is 0 Å². The van der Waals surface area contributed by atoms with E-state index in [0.717, 1.165) is 24.8 Å². The number of carboxylic acid groups (broad SMARTS) is 1. The average molecular weight is 431 g/mol. The molecule has 1 aromatic carbocycles. The van der Waals surface area contributed by atoms with Crippen LogP contribution < -0.4 is 10.6 Å². The Balaban J connectivity index is 2.17. The van der Waals surface area contributed by atoms with Gasteiger partial charge in [-0.15, -0.1) is 0 Å². The maximum Gasteiger partial charge on any atom is 0.326 e. The van der Waals surface area contributed by atoms with Gasteiger partial charge in [-0.1, -0.05) is 95.0 Å². The van der Waals surface area contributed by atoms with E-state index in [2.05, 4.69) is 17.6 Å². The Morgan fingerprint density at radius 1 is 0.903 bits per heavy atom. The summed E-state index contributed by atoms with van der Waals surface area (Å²) in [5.74, 6) is -2.13. The van der Waals surface area contributed by atoms with Gasteiger partial charge in [0.05, 0.1) is 6.42 Å². The van der Waals surface area contributed by atoms with Gasteiger partial charge in [-0.05, 0) is 18.1 Å². The van der Waals surface area contributed by atoms with Crippen molar-refractivity contribution < 1.29 is 19.5 Å². The van der Waals surface area contributed by atoms with E-state index < -0.39 is 17.9 Å². The number of benzene rings is 1. The summed E-state index contributed by atoms with van der Waals surface area (Å²) < 4.78 is 0. The minimum Gasteiger partial charge on any atom is -0.480 e. The third kappa shape index (κ3) is 14.1. The van der Waals surface area contributed by atoms with Gasteiger partial charge < -0.3 is 15.7 Å². The Kier molecular flexibility index (Phi) is 14.6. The largest absolute Gasteiger partial charge is 0.480 e. The number of aliphatic carboxylic acids is 1. The fourth-order valence-electron chi connectivity index (χ4n) is 3.25. The number of rotatable bonds is 17. The molecule has 0 aliphatic carbocycles. The molecule has 0 saturated heterocycles. The summed E-state index contributed by atoms with van der Waals surface area (Å²) in [4.78, 5) is 35.4. The van der Waals surface area contributed by atoms with Crippen LogP contribution in [0.2, 0.25) is 0 Å². The first kappa shape index (κ1) is 26.4. The van der Waals surface area contributed by atoms with E-state index in [1.165, 1.54) is 51.0 Å². The summed E-state index contributed by atoms with van der Waals surface area (Å²) in [6.07, 6.45) is 14.8. The van der Waals surface area contributed by atoms with Crippen molar-refractivity contribution in [3.63, 3.8) is 0 Å².